The normalized spacial score (nSPS) is 13.1. The number of nitrogens with zero attached hydrogens (tertiary/aromatic N) is 2. The van der Waals surface area contributed by atoms with Gasteiger partial charge in [-0.1, -0.05) is 0 Å². The summed E-state index contributed by atoms with van der Waals surface area (Å²) in [4.78, 5) is 0. The molecular formula is C6H5F5N2O3S. The molecule has 0 saturated heterocycles. The lowest BCUT2D eigenvalue weighted by atomic mass is 10.4. The van der Waals surface area contributed by atoms with Gasteiger partial charge < -0.3 is 4.18 Å². The Balaban J connectivity index is 3.05. The van der Waals surface area contributed by atoms with Gasteiger partial charge in [0, 0.05) is 13.1 Å². The second kappa shape index (κ2) is 4.13. The highest BCUT2D eigenvalue weighted by Crippen LogP contribution is 2.28. The molecule has 1 rings (SSSR count). The Morgan fingerprint density at radius 3 is 2.29 bits per heavy atom. The van der Waals surface area contributed by atoms with Crippen LogP contribution in [0.2, 0.25) is 0 Å². The molecule has 1 aromatic rings. The first-order chi connectivity index (χ1) is 7.54. The number of alkyl halides is 5. The highest BCUT2D eigenvalue weighted by Gasteiger charge is 2.49. The molecule has 0 radical (unpaired) electrons. The SMILES string of the molecule is Cn1nc(C(F)F)cc1OS(=O)(=O)C(F)(F)F. The standard InChI is InChI=1S/C6H5F5N2O3S/c1-13-4(2-3(12-13)5(7)8)16-17(14,15)6(9,10)11/h2,5H,1H3. The molecule has 0 amide bonds. The molecule has 0 saturated carbocycles. The van der Waals surface area contributed by atoms with Crippen molar-refractivity contribution < 1.29 is 34.6 Å². The van der Waals surface area contributed by atoms with E-state index in [2.05, 4.69) is 9.28 Å². The van der Waals surface area contributed by atoms with Gasteiger partial charge in [0.25, 0.3) is 6.43 Å². The molecule has 0 N–H and O–H groups in total. The molecule has 0 bridgehead atoms. The van der Waals surface area contributed by atoms with Crippen LogP contribution in [0.15, 0.2) is 6.07 Å². The van der Waals surface area contributed by atoms with Crippen LogP contribution in [-0.4, -0.2) is 23.7 Å². The molecule has 1 aromatic heterocycles. The third-order valence-corrected chi connectivity index (χ3v) is 2.52. The van der Waals surface area contributed by atoms with Gasteiger partial charge in [-0.2, -0.15) is 26.7 Å². The smallest absolute Gasteiger partial charge is 0.356 e. The van der Waals surface area contributed by atoms with Gasteiger partial charge in [-0.25, -0.2) is 13.5 Å². The summed E-state index contributed by atoms with van der Waals surface area (Å²) in [5, 5.41) is 3.09. The van der Waals surface area contributed by atoms with E-state index in [1.54, 1.807) is 0 Å². The topological polar surface area (TPSA) is 61.2 Å². The summed E-state index contributed by atoms with van der Waals surface area (Å²) >= 11 is 0. The fraction of sp³-hybridized carbons (Fsp3) is 0.500. The molecule has 0 atom stereocenters. The van der Waals surface area contributed by atoms with Crippen LogP contribution in [0.5, 0.6) is 5.88 Å². The van der Waals surface area contributed by atoms with Gasteiger partial charge in [0.1, 0.15) is 5.69 Å². The van der Waals surface area contributed by atoms with Crippen molar-refractivity contribution in [1.82, 2.24) is 9.78 Å². The molecule has 0 unspecified atom stereocenters. The van der Waals surface area contributed by atoms with Crippen LogP contribution >= 0.6 is 0 Å². The maximum absolute atomic E-state index is 12.1. The molecule has 5 nitrogen and oxygen atoms in total. The molecule has 17 heavy (non-hydrogen) atoms. The van der Waals surface area contributed by atoms with Crippen molar-refractivity contribution >= 4 is 10.1 Å². The van der Waals surface area contributed by atoms with Crippen LogP contribution in [-0.2, 0) is 17.2 Å². The lowest BCUT2D eigenvalue weighted by Gasteiger charge is -2.08. The van der Waals surface area contributed by atoms with Crippen molar-refractivity contribution in [2.45, 2.75) is 11.9 Å². The maximum atomic E-state index is 12.1. The van der Waals surface area contributed by atoms with Crippen molar-refractivity contribution in [3.8, 4) is 5.88 Å². The summed E-state index contributed by atoms with van der Waals surface area (Å²) in [6.45, 7) is 0. The molecule has 11 heteroatoms. The van der Waals surface area contributed by atoms with E-state index in [-0.39, 0.29) is 0 Å². The van der Waals surface area contributed by atoms with Crippen molar-refractivity contribution in [1.29, 1.82) is 0 Å². The van der Waals surface area contributed by atoms with Gasteiger partial charge in [-0.05, 0) is 0 Å². The summed E-state index contributed by atoms with van der Waals surface area (Å²) in [5.41, 5.74) is -6.53. The molecule has 98 valence electrons. The Labute approximate surface area is 91.9 Å². The second-order valence-electron chi connectivity index (χ2n) is 2.81. The minimum atomic E-state index is -5.89. The first-order valence-corrected chi connectivity index (χ1v) is 5.28. The summed E-state index contributed by atoms with van der Waals surface area (Å²) in [7, 11) is -4.93. The number of aryl methyl sites for hydroxylation is 1. The monoisotopic (exact) mass is 280 g/mol. The van der Waals surface area contributed by atoms with Gasteiger partial charge in [0.15, 0.2) is 0 Å². The van der Waals surface area contributed by atoms with Crippen molar-refractivity contribution in [2.75, 3.05) is 0 Å². The summed E-state index contributed by atoms with van der Waals surface area (Å²) in [5.74, 6) is -0.947. The molecule has 0 aliphatic heterocycles. The fourth-order valence-corrected chi connectivity index (χ4v) is 1.29. The predicted molar refractivity (Wildman–Crippen MR) is 43.8 cm³/mol. The van der Waals surface area contributed by atoms with Crippen LogP contribution in [0.4, 0.5) is 22.0 Å². The molecule has 0 aliphatic carbocycles. The molecule has 0 fully saturated rings. The Hall–Kier alpha value is -1.39. The van der Waals surface area contributed by atoms with E-state index in [4.69, 9.17) is 0 Å². The molecule has 0 spiro atoms. The number of aromatic nitrogens is 2. The van der Waals surface area contributed by atoms with E-state index in [1.165, 1.54) is 0 Å². The fourth-order valence-electron chi connectivity index (χ4n) is 0.816. The second-order valence-corrected chi connectivity index (χ2v) is 4.35. The number of halogens is 5. The Kier molecular flexibility index (Phi) is 3.32. The Morgan fingerprint density at radius 1 is 1.41 bits per heavy atom. The van der Waals surface area contributed by atoms with Crippen molar-refractivity contribution in [2.24, 2.45) is 7.05 Å². The van der Waals surface area contributed by atoms with E-state index < -0.39 is 33.6 Å². The highest BCUT2D eigenvalue weighted by atomic mass is 32.2. The zero-order valence-corrected chi connectivity index (χ0v) is 8.89. The first-order valence-electron chi connectivity index (χ1n) is 3.87. The summed E-state index contributed by atoms with van der Waals surface area (Å²) in [6, 6.07) is 0.411. The summed E-state index contributed by atoms with van der Waals surface area (Å²) < 4.78 is 85.3. The average Bonchev–Trinajstić information content (AvgIpc) is 2.45. The molecular weight excluding hydrogens is 275 g/mol. The third-order valence-electron chi connectivity index (χ3n) is 1.56. The van der Waals surface area contributed by atoms with Gasteiger partial charge in [-0.3, -0.25) is 0 Å². The van der Waals surface area contributed by atoms with Crippen LogP contribution in [0.3, 0.4) is 0 Å². The lowest BCUT2D eigenvalue weighted by Crippen LogP contribution is -2.28. The van der Waals surface area contributed by atoms with E-state index in [1.807, 2.05) is 0 Å². The molecule has 1 heterocycles. The van der Waals surface area contributed by atoms with Gasteiger partial charge in [0.2, 0.25) is 5.88 Å². The number of rotatable bonds is 3. The van der Waals surface area contributed by atoms with Crippen LogP contribution in [0.25, 0.3) is 0 Å². The number of hydrogen-bond donors (Lipinski definition) is 0. The van der Waals surface area contributed by atoms with E-state index in [0.717, 1.165) is 7.05 Å². The largest absolute Gasteiger partial charge is 0.534 e. The van der Waals surface area contributed by atoms with E-state index in [0.29, 0.717) is 10.7 Å². The van der Waals surface area contributed by atoms with E-state index in [9.17, 15) is 30.4 Å². The minimum Gasteiger partial charge on any atom is -0.356 e. The maximum Gasteiger partial charge on any atom is 0.534 e. The molecule has 0 aliphatic rings. The van der Waals surface area contributed by atoms with Crippen LogP contribution < -0.4 is 4.18 Å². The number of hydrogen-bond acceptors (Lipinski definition) is 4. The quantitative estimate of drug-likeness (QED) is 0.479. The Bertz CT molecular complexity index is 506. The Morgan fingerprint density at radius 2 is 1.94 bits per heavy atom. The first kappa shape index (κ1) is 13.7. The van der Waals surface area contributed by atoms with Gasteiger partial charge in [-0.15, -0.1) is 0 Å². The third kappa shape index (κ3) is 2.84. The highest BCUT2D eigenvalue weighted by molar-refractivity contribution is 7.87. The summed E-state index contributed by atoms with van der Waals surface area (Å²) in [6.07, 6.45) is -3.05. The van der Waals surface area contributed by atoms with Gasteiger partial charge in [0.05, 0.1) is 0 Å². The minimum absolute atomic E-state index is 0.411. The zero-order valence-electron chi connectivity index (χ0n) is 8.07. The lowest BCUT2D eigenvalue weighted by molar-refractivity contribution is -0.0502. The van der Waals surface area contributed by atoms with Crippen LogP contribution in [0.1, 0.15) is 12.1 Å². The van der Waals surface area contributed by atoms with Crippen LogP contribution in [0, 0.1) is 0 Å². The van der Waals surface area contributed by atoms with Gasteiger partial charge >= 0.3 is 15.6 Å². The van der Waals surface area contributed by atoms with E-state index >= 15 is 0 Å². The molecule has 0 aromatic carbocycles. The average molecular weight is 280 g/mol. The predicted octanol–water partition coefficient (Wildman–Crippen LogP) is 1.59. The van der Waals surface area contributed by atoms with Crippen molar-refractivity contribution in [3.05, 3.63) is 11.8 Å². The zero-order chi connectivity index (χ0) is 13.4. The van der Waals surface area contributed by atoms with Crippen molar-refractivity contribution in [3.63, 3.8) is 0 Å².